The van der Waals surface area contributed by atoms with E-state index in [0.29, 0.717) is 41.4 Å². The van der Waals surface area contributed by atoms with Crippen LogP contribution in [0.3, 0.4) is 0 Å². The predicted molar refractivity (Wildman–Crippen MR) is 122 cm³/mol. The molecule has 9 heteroatoms. The number of hydrogen-bond donors (Lipinski definition) is 4. The van der Waals surface area contributed by atoms with Crippen molar-refractivity contribution in [3.63, 3.8) is 0 Å². The Morgan fingerprint density at radius 1 is 1.20 bits per heavy atom. The molecule has 0 aliphatic heterocycles. The van der Waals surface area contributed by atoms with Gasteiger partial charge in [-0.2, -0.15) is 0 Å². The van der Waals surface area contributed by atoms with Crippen molar-refractivity contribution in [1.82, 2.24) is 0 Å². The number of unbranched alkanes of at least 4 members (excludes halogenated alkanes) is 1. The number of aldehydes is 1. The first-order chi connectivity index (χ1) is 14.3. The summed E-state index contributed by atoms with van der Waals surface area (Å²) in [6, 6.07) is 11.8. The summed E-state index contributed by atoms with van der Waals surface area (Å²) < 4.78 is 5.06. The monoisotopic (exact) mass is 458 g/mol. The maximum atomic E-state index is 10.2. The highest BCUT2D eigenvalue weighted by atomic mass is 35.5. The first kappa shape index (κ1) is 27.8. The molecule has 0 saturated carbocycles. The number of methoxy groups -OCH3 is 1. The van der Waals surface area contributed by atoms with Gasteiger partial charge in [-0.25, -0.2) is 0 Å². The molecule has 0 radical (unpaired) electrons. The Hall–Kier alpha value is -2.16. The van der Waals surface area contributed by atoms with Crippen molar-refractivity contribution in [1.29, 1.82) is 0 Å². The van der Waals surface area contributed by atoms with Gasteiger partial charge in [-0.3, -0.25) is 9.59 Å². The zero-order valence-electron chi connectivity index (χ0n) is 17.9. The topological polar surface area (TPSA) is 142 Å². The van der Waals surface area contributed by atoms with E-state index < -0.39 is 12.0 Å². The molecule has 2 rings (SSSR count). The average Bonchev–Trinajstić information content (AvgIpc) is 2.74. The number of aliphatic carboxylic acids is 1. The summed E-state index contributed by atoms with van der Waals surface area (Å²) in [5.74, 6) is -0.0676. The zero-order chi connectivity index (χ0) is 22.9. The van der Waals surface area contributed by atoms with Gasteiger partial charge in [-0.1, -0.05) is 47.8 Å². The number of para-hydroxylation sites is 1. The van der Waals surface area contributed by atoms with Gasteiger partial charge < -0.3 is 27.0 Å². The van der Waals surface area contributed by atoms with Crippen LogP contribution in [0.5, 0.6) is 5.75 Å². The minimum Gasteiger partial charge on any atom is -0.496 e. The van der Waals surface area contributed by atoms with Crippen LogP contribution in [-0.4, -0.2) is 37.1 Å². The number of carbonyl (C=O) groups excluding carboxylic acids is 1. The molecule has 30 heavy (non-hydrogen) atoms. The highest BCUT2D eigenvalue weighted by Gasteiger charge is 2.09. The number of halogens is 2. The molecule has 0 spiro atoms. The number of rotatable bonds is 8. The number of ether oxygens (including phenoxy) is 1. The Bertz CT molecular complexity index is 759. The number of benzene rings is 2. The van der Waals surface area contributed by atoms with E-state index in [4.69, 9.17) is 50.2 Å². The molecule has 0 aromatic heterocycles. The normalized spacial score (nSPS) is 10.6. The van der Waals surface area contributed by atoms with Crippen LogP contribution < -0.4 is 21.9 Å². The molecule has 0 amide bonds. The minimum absolute atomic E-state index is 0. The molecule has 7 N–H and O–H groups in total. The van der Waals surface area contributed by atoms with E-state index in [2.05, 4.69) is 0 Å². The third-order valence-corrected chi connectivity index (χ3v) is 4.35. The van der Waals surface area contributed by atoms with Crippen LogP contribution in [0.4, 0.5) is 0 Å². The molecule has 0 unspecified atom stereocenters. The quantitative estimate of drug-likeness (QED) is 0.349. The maximum Gasteiger partial charge on any atom is 1.00 e. The Morgan fingerprint density at radius 3 is 2.33 bits per heavy atom. The van der Waals surface area contributed by atoms with Gasteiger partial charge in [0.25, 0.3) is 0 Å². The fraction of sp³-hybridized carbons (Fsp3) is 0.333. The van der Waals surface area contributed by atoms with Gasteiger partial charge in [0, 0.05) is 22.7 Å². The average molecular weight is 459 g/mol. The summed E-state index contributed by atoms with van der Waals surface area (Å²) in [4.78, 5) is 20.3. The molecule has 166 valence electrons. The summed E-state index contributed by atoms with van der Waals surface area (Å²) in [5.41, 5.74) is 17.4. The molecule has 1 atom stereocenters. The van der Waals surface area contributed by atoms with Gasteiger partial charge in [-0.15, -0.1) is 0 Å². The smallest absolute Gasteiger partial charge is 0.496 e. The number of carboxylic acids is 1. The molecule has 0 saturated heterocycles. The summed E-state index contributed by atoms with van der Waals surface area (Å²) in [6.45, 7) is 1.14. The summed E-state index contributed by atoms with van der Waals surface area (Å²) in [5, 5.41) is 9.25. The van der Waals surface area contributed by atoms with E-state index in [9.17, 15) is 9.59 Å². The van der Waals surface area contributed by atoms with Crippen molar-refractivity contribution in [3.05, 3.63) is 63.6 Å². The molecule has 2 aromatic carbocycles. The number of carbonyl (C=O) groups is 2. The third kappa shape index (κ3) is 11.7. The molecule has 0 bridgehead atoms. The molecule has 0 heterocycles. The van der Waals surface area contributed by atoms with Crippen molar-refractivity contribution in [2.24, 2.45) is 17.2 Å². The summed E-state index contributed by atoms with van der Waals surface area (Å²) in [6.07, 6.45) is 2.86. The lowest BCUT2D eigenvalue weighted by molar-refractivity contribution is -0.138. The second kappa shape index (κ2) is 16.6. The van der Waals surface area contributed by atoms with Crippen LogP contribution in [-0.2, 0) is 11.3 Å². The van der Waals surface area contributed by atoms with Crippen LogP contribution >= 0.6 is 23.2 Å². The Morgan fingerprint density at radius 2 is 1.87 bits per heavy atom. The molecular formula is C21H30Cl2N3O4+. The van der Waals surface area contributed by atoms with Gasteiger partial charge in [0.2, 0.25) is 0 Å². The van der Waals surface area contributed by atoms with Gasteiger partial charge >= 0.3 is 7.40 Å². The fourth-order valence-corrected chi connectivity index (χ4v) is 2.55. The van der Waals surface area contributed by atoms with Crippen LogP contribution in [0.2, 0.25) is 10.0 Å². The summed E-state index contributed by atoms with van der Waals surface area (Å²) >= 11 is 11.2. The SMILES string of the molecule is COc1ccccc1CN.NCCCC[C@H](N)C(=O)O.O=Cc1ccc(Cl)cc1Cl.[H+]. The Kier molecular flexibility index (Phi) is 15.4. The van der Waals surface area contributed by atoms with Crippen LogP contribution in [0.25, 0.3) is 0 Å². The van der Waals surface area contributed by atoms with E-state index in [1.807, 2.05) is 24.3 Å². The molecule has 2 aromatic rings. The van der Waals surface area contributed by atoms with Gasteiger partial charge in [0.1, 0.15) is 11.8 Å². The van der Waals surface area contributed by atoms with Crippen molar-refractivity contribution >= 4 is 35.5 Å². The minimum atomic E-state index is -0.933. The third-order valence-electron chi connectivity index (χ3n) is 3.79. The largest absolute Gasteiger partial charge is 1.00 e. The number of nitrogens with two attached hydrogens (primary N) is 3. The Balaban J connectivity index is 0. The molecule has 7 nitrogen and oxygen atoms in total. The van der Waals surface area contributed by atoms with E-state index >= 15 is 0 Å². The fourth-order valence-electron chi connectivity index (χ4n) is 2.10. The van der Waals surface area contributed by atoms with E-state index in [1.165, 1.54) is 6.07 Å². The first-order valence-corrected chi connectivity index (χ1v) is 9.96. The highest BCUT2D eigenvalue weighted by molar-refractivity contribution is 6.36. The molecular weight excluding hydrogens is 429 g/mol. The molecule has 0 aliphatic rings. The van der Waals surface area contributed by atoms with Crippen LogP contribution in [0, 0.1) is 0 Å². The highest BCUT2D eigenvalue weighted by Crippen LogP contribution is 2.19. The standard InChI is InChI=1S/C8H11NO.C7H4Cl2O.C6H14N2O2/c1-10-8-5-3-2-4-7(8)6-9;8-6-2-1-5(4-10)7(9)3-6;7-4-2-1-3-5(8)6(9)10/h2-5H,6,9H2,1H3;1-4H;5H,1-4,7-8H2,(H,9,10)/p+1/t;;5-/m..0/s1. The Labute approximate surface area is 188 Å². The van der Waals surface area contributed by atoms with Crippen LogP contribution in [0.1, 0.15) is 36.6 Å². The van der Waals surface area contributed by atoms with Gasteiger partial charge in [0.15, 0.2) is 6.29 Å². The van der Waals surface area contributed by atoms with E-state index in [1.54, 1.807) is 19.2 Å². The molecule has 0 aliphatic carbocycles. The lowest BCUT2D eigenvalue weighted by atomic mass is 10.1. The first-order valence-electron chi connectivity index (χ1n) is 9.21. The van der Waals surface area contributed by atoms with Crippen molar-refractivity contribution in [2.45, 2.75) is 31.8 Å². The van der Waals surface area contributed by atoms with E-state index in [-0.39, 0.29) is 1.43 Å². The number of hydrogen-bond acceptors (Lipinski definition) is 6. The lowest BCUT2D eigenvalue weighted by Crippen LogP contribution is -2.29. The zero-order valence-corrected chi connectivity index (χ0v) is 18.4. The van der Waals surface area contributed by atoms with Crippen LogP contribution in [0.15, 0.2) is 42.5 Å². The number of carboxylic acid groups (broad SMARTS) is 1. The second-order valence-corrected chi connectivity index (χ2v) is 6.87. The predicted octanol–water partition coefficient (Wildman–Crippen LogP) is 3.60. The second-order valence-electron chi connectivity index (χ2n) is 6.03. The maximum absolute atomic E-state index is 10.2. The summed E-state index contributed by atoms with van der Waals surface area (Å²) in [7, 11) is 1.65. The van der Waals surface area contributed by atoms with Crippen molar-refractivity contribution in [2.75, 3.05) is 13.7 Å². The van der Waals surface area contributed by atoms with Gasteiger partial charge in [-0.05, 0) is 43.7 Å². The van der Waals surface area contributed by atoms with Gasteiger partial charge in [0.05, 0.1) is 12.1 Å². The lowest BCUT2D eigenvalue weighted by Gasteiger charge is -2.03. The van der Waals surface area contributed by atoms with E-state index in [0.717, 1.165) is 24.2 Å². The van der Waals surface area contributed by atoms with Crippen molar-refractivity contribution < 1.29 is 20.9 Å². The molecule has 0 fully saturated rings. The van der Waals surface area contributed by atoms with Crippen molar-refractivity contribution in [3.8, 4) is 5.75 Å².